The van der Waals surface area contributed by atoms with Gasteiger partial charge in [-0.1, -0.05) is 30.3 Å². The molecule has 4 nitrogen and oxygen atoms in total. The van der Waals surface area contributed by atoms with Gasteiger partial charge in [0.15, 0.2) is 5.11 Å². The number of halogens is 1. The van der Waals surface area contributed by atoms with E-state index in [1.807, 2.05) is 30.3 Å². The lowest BCUT2D eigenvalue weighted by Gasteiger charge is -2.13. The Morgan fingerprint density at radius 2 is 1.96 bits per heavy atom. The quantitative estimate of drug-likeness (QED) is 0.509. The standard InChI is InChI=1S/C17H13ClN2O2S/c18-10-11-6-7-12(15(21)8-11)9-14-16(22)20(17(23)19-14)13-4-2-1-3-5-13/h1-9,21H,10H2,(H,19,23)/b14-9+. The van der Waals surface area contributed by atoms with E-state index in [1.165, 1.54) is 4.90 Å². The summed E-state index contributed by atoms with van der Waals surface area (Å²) in [7, 11) is 0. The van der Waals surface area contributed by atoms with Crippen LogP contribution in [0.15, 0.2) is 54.2 Å². The van der Waals surface area contributed by atoms with E-state index >= 15 is 0 Å². The van der Waals surface area contributed by atoms with E-state index in [0.717, 1.165) is 5.56 Å². The molecule has 1 aliphatic heterocycles. The van der Waals surface area contributed by atoms with Crippen molar-refractivity contribution in [3.8, 4) is 5.75 Å². The average Bonchev–Trinajstić information content (AvgIpc) is 2.84. The molecule has 1 amide bonds. The summed E-state index contributed by atoms with van der Waals surface area (Å²) >= 11 is 11.0. The van der Waals surface area contributed by atoms with E-state index in [1.54, 1.807) is 24.3 Å². The molecule has 0 aliphatic carbocycles. The van der Waals surface area contributed by atoms with Crippen LogP contribution in [0.3, 0.4) is 0 Å². The van der Waals surface area contributed by atoms with Crippen LogP contribution in [0.5, 0.6) is 5.75 Å². The van der Waals surface area contributed by atoms with Gasteiger partial charge in [0.2, 0.25) is 0 Å². The smallest absolute Gasteiger partial charge is 0.281 e. The molecule has 0 spiro atoms. The molecular weight excluding hydrogens is 332 g/mol. The highest BCUT2D eigenvalue weighted by Gasteiger charge is 2.31. The summed E-state index contributed by atoms with van der Waals surface area (Å²) in [4.78, 5) is 14.0. The zero-order valence-electron chi connectivity index (χ0n) is 12.0. The van der Waals surface area contributed by atoms with Gasteiger partial charge in [-0.2, -0.15) is 0 Å². The number of aromatic hydroxyl groups is 1. The molecule has 1 fully saturated rings. The number of amides is 1. The van der Waals surface area contributed by atoms with Crippen molar-refractivity contribution in [1.29, 1.82) is 0 Å². The highest BCUT2D eigenvalue weighted by atomic mass is 35.5. The first-order chi connectivity index (χ1) is 11.1. The van der Waals surface area contributed by atoms with Crippen LogP contribution in [0.2, 0.25) is 0 Å². The number of para-hydroxylation sites is 1. The molecule has 0 unspecified atom stereocenters. The monoisotopic (exact) mass is 344 g/mol. The Bertz CT molecular complexity index is 805. The maximum atomic E-state index is 12.6. The molecule has 0 aromatic heterocycles. The third-order valence-electron chi connectivity index (χ3n) is 3.44. The Kier molecular flexibility index (Phi) is 4.32. The molecule has 1 saturated heterocycles. The summed E-state index contributed by atoms with van der Waals surface area (Å²) in [5, 5.41) is 13.2. The molecule has 3 rings (SSSR count). The van der Waals surface area contributed by atoms with Crippen molar-refractivity contribution >= 4 is 46.6 Å². The first-order valence-electron chi connectivity index (χ1n) is 6.90. The number of alkyl halides is 1. The second-order valence-electron chi connectivity index (χ2n) is 4.99. The van der Waals surface area contributed by atoms with Gasteiger partial charge < -0.3 is 10.4 Å². The summed E-state index contributed by atoms with van der Waals surface area (Å²) in [5.41, 5.74) is 2.33. The fourth-order valence-electron chi connectivity index (χ4n) is 2.30. The molecule has 0 atom stereocenters. The van der Waals surface area contributed by atoms with Gasteiger partial charge in [0.05, 0.1) is 5.69 Å². The summed E-state index contributed by atoms with van der Waals surface area (Å²) in [6.45, 7) is 0. The summed E-state index contributed by atoms with van der Waals surface area (Å²) in [6.07, 6.45) is 1.57. The Hall–Kier alpha value is -2.37. The summed E-state index contributed by atoms with van der Waals surface area (Å²) in [5.74, 6) is 0.115. The molecule has 0 radical (unpaired) electrons. The number of anilines is 1. The molecule has 2 aromatic rings. The lowest BCUT2D eigenvalue weighted by molar-refractivity contribution is -0.113. The Balaban J connectivity index is 1.93. The number of carbonyl (C=O) groups excluding carboxylic acids is 1. The molecule has 116 valence electrons. The molecule has 1 heterocycles. The number of hydrogen-bond acceptors (Lipinski definition) is 3. The van der Waals surface area contributed by atoms with Crippen LogP contribution < -0.4 is 10.2 Å². The third-order valence-corrected chi connectivity index (χ3v) is 4.03. The number of phenolic OH excluding ortho intramolecular Hbond substituents is 1. The topological polar surface area (TPSA) is 52.6 Å². The Morgan fingerprint density at radius 3 is 2.61 bits per heavy atom. The van der Waals surface area contributed by atoms with Crippen molar-refractivity contribution in [3.63, 3.8) is 0 Å². The van der Waals surface area contributed by atoms with Crippen molar-refractivity contribution in [3.05, 3.63) is 65.4 Å². The van der Waals surface area contributed by atoms with Crippen LogP contribution in [0.1, 0.15) is 11.1 Å². The molecule has 6 heteroatoms. The van der Waals surface area contributed by atoms with Crippen molar-refractivity contribution < 1.29 is 9.90 Å². The van der Waals surface area contributed by atoms with Crippen LogP contribution in [0, 0.1) is 0 Å². The lowest BCUT2D eigenvalue weighted by Crippen LogP contribution is -2.30. The zero-order chi connectivity index (χ0) is 16.4. The number of thiocarbonyl (C=S) groups is 1. The van der Waals surface area contributed by atoms with Crippen LogP contribution >= 0.6 is 23.8 Å². The molecule has 23 heavy (non-hydrogen) atoms. The second-order valence-corrected chi connectivity index (χ2v) is 5.65. The molecule has 2 aromatic carbocycles. The van der Waals surface area contributed by atoms with E-state index in [-0.39, 0.29) is 11.7 Å². The van der Waals surface area contributed by atoms with E-state index in [4.69, 9.17) is 23.8 Å². The lowest BCUT2D eigenvalue weighted by atomic mass is 10.1. The number of hydrogen-bond donors (Lipinski definition) is 2. The van der Waals surface area contributed by atoms with Gasteiger partial charge in [-0.3, -0.25) is 9.69 Å². The number of carbonyl (C=O) groups is 1. The van der Waals surface area contributed by atoms with Crippen LogP contribution in [-0.2, 0) is 10.7 Å². The molecule has 0 saturated carbocycles. The van der Waals surface area contributed by atoms with Crippen molar-refractivity contribution in [2.75, 3.05) is 4.90 Å². The van der Waals surface area contributed by atoms with Crippen molar-refractivity contribution in [1.82, 2.24) is 5.32 Å². The van der Waals surface area contributed by atoms with E-state index in [2.05, 4.69) is 5.32 Å². The van der Waals surface area contributed by atoms with Crippen LogP contribution in [0.25, 0.3) is 6.08 Å². The minimum atomic E-state index is -0.262. The summed E-state index contributed by atoms with van der Waals surface area (Å²) < 4.78 is 0. The minimum Gasteiger partial charge on any atom is -0.507 e. The number of benzene rings is 2. The number of phenols is 1. The molecule has 0 bridgehead atoms. The number of nitrogens with one attached hydrogen (secondary N) is 1. The minimum absolute atomic E-state index is 0.0642. The fourth-order valence-corrected chi connectivity index (χ4v) is 2.76. The predicted octanol–water partition coefficient (Wildman–Crippen LogP) is 3.39. The molecule has 2 N–H and O–H groups in total. The number of nitrogens with zero attached hydrogens (tertiary/aromatic N) is 1. The largest absolute Gasteiger partial charge is 0.507 e. The molecular formula is C17H13ClN2O2S. The van der Waals surface area contributed by atoms with Gasteiger partial charge in [-0.25, -0.2) is 0 Å². The van der Waals surface area contributed by atoms with Crippen molar-refractivity contribution in [2.24, 2.45) is 0 Å². The maximum absolute atomic E-state index is 12.6. The summed E-state index contributed by atoms with van der Waals surface area (Å²) in [6, 6.07) is 14.2. The predicted molar refractivity (Wildman–Crippen MR) is 95.3 cm³/mol. The van der Waals surface area contributed by atoms with Gasteiger partial charge in [-0.15, -0.1) is 11.6 Å². The highest BCUT2D eigenvalue weighted by molar-refractivity contribution is 7.80. The second kappa shape index (κ2) is 6.40. The van der Waals surface area contributed by atoms with E-state index in [0.29, 0.717) is 27.9 Å². The third kappa shape index (κ3) is 3.06. The van der Waals surface area contributed by atoms with Gasteiger partial charge in [0, 0.05) is 11.4 Å². The first-order valence-corrected chi connectivity index (χ1v) is 7.84. The average molecular weight is 345 g/mol. The maximum Gasteiger partial charge on any atom is 0.281 e. The highest BCUT2D eigenvalue weighted by Crippen LogP contribution is 2.26. The van der Waals surface area contributed by atoms with Crippen molar-refractivity contribution in [2.45, 2.75) is 5.88 Å². The van der Waals surface area contributed by atoms with Gasteiger partial charge in [0.25, 0.3) is 5.91 Å². The normalized spacial score (nSPS) is 16.0. The van der Waals surface area contributed by atoms with E-state index in [9.17, 15) is 9.90 Å². The van der Waals surface area contributed by atoms with Gasteiger partial charge in [-0.05, 0) is 42.1 Å². The Morgan fingerprint density at radius 1 is 1.22 bits per heavy atom. The van der Waals surface area contributed by atoms with E-state index < -0.39 is 0 Å². The zero-order valence-corrected chi connectivity index (χ0v) is 13.6. The van der Waals surface area contributed by atoms with Gasteiger partial charge >= 0.3 is 0 Å². The number of rotatable bonds is 3. The van der Waals surface area contributed by atoms with Gasteiger partial charge in [0.1, 0.15) is 11.4 Å². The van der Waals surface area contributed by atoms with Crippen LogP contribution in [-0.4, -0.2) is 16.1 Å². The van der Waals surface area contributed by atoms with Crippen LogP contribution in [0.4, 0.5) is 5.69 Å². The molecule has 1 aliphatic rings. The fraction of sp³-hybridized carbons (Fsp3) is 0.0588. The Labute approximate surface area is 144 Å². The SMILES string of the molecule is O=C1/C(=C\c2ccc(CCl)cc2O)NC(=S)N1c1ccccc1. The first kappa shape index (κ1) is 15.5.